The molecule has 0 radical (unpaired) electrons. The van der Waals surface area contributed by atoms with Crippen LogP contribution in [0.25, 0.3) is 0 Å². The molecule has 3 rings (SSSR count). The van der Waals surface area contributed by atoms with E-state index in [-0.39, 0.29) is 24.1 Å². The van der Waals surface area contributed by atoms with Crippen molar-refractivity contribution in [2.24, 2.45) is 11.8 Å². The number of nitrogens with zero attached hydrogens (tertiary/aromatic N) is 1. The topological polar surface area (TPSA) is 123 Å². The van der Waals surface area contributed by atoms with Gasteiger partial charge in [-0.3, -0.25) is 14.4 Å². The maximum atomic E-state index is 13.4. The molecule has 1 heterocycles. The summed E-state index contributed by atoms with van der Waals surface area (Å²) in [7, 11) is 0. The zero-order valence-corrected chi connectivity index (χ0v) is 22.1. The fourth-order valence-electron chi connectivity index (χ4n) is 4.66. The van der Waals surface area contributed by atoms with E-state index >= 15 is 0 Å². The lowest BCUT2D eigenvalue weighted by molar-refractivity contribution is -0.274. The van der Waals surface area contributed by atoms with Gasteiger partial charge in [-0.15, -0.1) is 13.2 Å². The van der Waals surface area contributed by atoms with E-state index in [1.54, 1.807) is 6.07 Å². The van der Waals surface area contributed by atoms with Gasteiger partial charge in [-0.2, -0.15) is 0 Å². The first kappa shape index (κ1) is 30.0. The number of alkyl halides is 3. The van der Waals surface area contributed by atoms with Crippen LogP contribution in [0.5, 0.6) is 5.75 Å². The highest BCUT2D eigenvalue weighted by Crippen LogP contribution is 2.28. The second kappa shape index (κ2) is 14.0. The van der Waals surface area contributed by atoms with Crippen LogP contribution in [-0.4, -0.2) is 41.3 Å². The number of hydrogen-bond donors (Lipinski definition) is 3. The van der Waals surface area contributed by atoms with Gasteiger partial charge in [-0.25, -0.2) is 0 Å². The van der Waals surface area contributed by atoms with Crippen molar-refractivity contribution in [3.8, 4) is 5.75 Å². The molecule has 9 nitrogen and oxygen atoms in total. The van der Waals surface area contributed by atoms with Crippen LogP contribution >= 0.6 is 0 Å². The van der Waals surface area contributed by atoms with Crippen LogP contribution in [0.3, 0.4) is 0 Å². The first-order chi connectivity index (χ1) is 18.6. The van der Waals surface area contributed by atoms with E-state index in [2.05, 4.69) is 25.8 Å². The van der Waals surface area contributed by atoms with Gasteiger partial charge in [0.25, 0.3) is 5.91 Å². The van der Waals surface area contributed by atoms with Crippen LogP contribution in [0.4, 0.5) is 13.2 Å². The summed E-state index contributed by atoms with van der Waals surface area (Å²) < 4.78 is 46.5. The Morgan fingerprint density at radius 3 is 2.49 bits per heavy atom. The van der Waals surface area contributed by atoms with Crippen LogP contribution < -0.4 is 20.7 Å². The molecule has 3 atom stereocenters. The molecule has 39 heavy (non-hydrogen) atoms. The van der Waals surface area contributed by atoms with Crippen molar-refractivity contribution in [3.63, 3.8) is 0 Å². The van der Waals surface area contributed by atoms with Gasteiger partial charge in [-0.05, 0) is 36.0 Å². The predicted molar refractivity (Wildman–Crippen MR) is 135 cm³/mol. The lowest BCUT2D eigenvalue weighted by atomic mass is 9.84. The molecule has 1 aliphatic rings. The summed E-state index contributed by atoms with van der Waals surface area (Å²) in [6.07, 6.45) is 2.66. The Morgan fingerprint density at radius 2 is 1.85 bits per heavy atom. The maximum Gasteiger partial charge on any atom is 0.573 e. The number of benzene rings is 1. The fourth-order valence-corrected chi connectivity index (χ4v) is 4.66. The molecule has 0 aliphatic heterocycles. The molecule has 0 bridgehead atoms. The molecule has 1 fully saturated rings. The maximum absolute atomic E-state index is 13.4. The standard InChI is InChI=1S/C27H35F3N4O5/c1-3-17(2)23(26(37)31-16-19-10-7-11-20(14-19)38-27(28,29)30)34-24(35)21(15-18-8-5-4-6-9-18)33-25(36)22-12-13-32-39-22/h7,10-14,17-18,21,23H,3-6,8-9,15-16H2,1-2H3,(H,31,37)(H,33,36)(H,34,35)/t17-,21-,23-/m0/s1. The highest BCUT2D eigenvalue weighted by Gasteiger charge is 2.33. The number of rotatable bonds is 12. The van der Waals surface area contributed by atoms with E-state index in [1.165, 1.54) is 30.5 Å². The molecule has 2 aromatic rings. The molecule has 0 unspecified atom stereocenters. The minimum atomic E-state index is -4.83. The monoisotopic (exact) mass is 552 g/mol. The van der Waals surface area contributed by atoms with Crippen molar-refractivity contribution in [1.82, 2.24) is 21.1 Å². The van der Waals surface area contributed by atoms with Gasteiger partial charge in [0, 0.05) is 12.6 Å². The Hall–Kier alpha value is -3.57. The molecule has 3 N–H and O–H groups in total. The van der Waals surface area contributed by atoms with Gasteiger partial charge in [0.1, 0.15) is 17.8 Å². The van der Waals surface area contributed by atoms with E-state index in [0.717, 1.165) is 32.1 Å². The smallest absolute Gasteiger partial charge is 0.406 e. The quantitative estimate of drug-likeness (QED) is 0.357. The van der Waals surface area contributed by atoms with E-state index in [4.69, 9.17) is 4.52 Å². The number of carbonyl (C=O) groups excluding carboxylic acids is 3. The Kier molecular flexibility index (Phi) is 10.8. The van der Waals surface area contributed by atoms with Crippen LogP contribution in [0, 0.1) is 11.8 Å². The third-order valence-corrected chi connectivity index (χ3v) is 6.97. The molecular formula is C27H35F3N4O5. The number of nitrogens with one attached hydrogen (secondary N) is 3. The number of carbonyl (C=O) groups is 3. The molecule has 214 valence electrons. The van der Waals surface area contributed by atoms with E-state index in [9.17, 15) is 27.6 Å². The number of ether oxygens (including phenoxy) is 1. The molecule has 3 amide bonds. The predicted octanol–water partition coefficient (Wildman–Crippen LogP) is 4.49. The lowest BCUT2D eigenvalue weighted by Crippen LogP contribution is -2.56. The van der Waals surface area contributed by atoms with E-state index in [1.807, 2.05) is 13.8 Å². The zero-order chi connectivity index (χ0) is 28.4. The van der Waals surface area contributed by atoms with Crippen LogP contribution in [0.1, 0.15) is 74.9 Å². The SMILES string of the molecule is CC[C@H](C)[C@H](NC(=O)[C@H](CC1CCCCC1)NC(=O)c1ccno1)C(=O)NCc1cccc(OC(F)(F)F)c1. The second-order valence-electron chi connectivity index (χ2n) is 9.93. The highest BCUT2D eigenvalue weighted by molar-refractivity contribution is 5.96. The fraction of sp³-hybridized carbons (Fsp3) is 0.556. The van der Waals surface area contributed by atoms with Crippen molar-refractivity contribution in [1.29, 1.82) is 0 Å². The molecule has 1 aromatic heterocycles. The van der Waals surface area contributed by atoms with Crippen molar-refractivity contribution >= 4 is 17.7 Å². The summed E-state index contributed by atoms with van der Waals surface area (Å²) in [6, 6.07) is 4.89. The lowest BCUT2D eigenvalue weighted by Gasteiger charge is -2.29. The van der Waals surface area contributed by atoms with Crippen LogP contribution in [0.2, 0.25) is 0 Å². The number of hydrogen-bond acceptors (Lipinski definition) is 6. The number of amides is 3. The normalized spacial score (nSPS) is 16.5. The first-order valence-electron chi connectivity index (χ1n) is 13.2. The third kappa shape index (κ3) is 9.60. The molecular weight excluding hydrogens is 517 g/mol. The van der Waals surface area contributed by atoms with Crippen LogP contribution in [0.15, 0.2) is 41.1 Å². The molecule has 0 saturated heterocycles. The van der Waals surface area contributed by atoms with Gasteiger partial charge >= 0.3 is 6.36 Å². The minimum absolute atomic E-state index is 0.0237. The first-order valence-corrected chi connectivity index (χ1v) is 13.2. The molecule has 12 heteroatoms. The van der Waals surface area contributed by atoms with Gasteiger partial charge in [0.05, 0.1) is 6.20 Å². The average Bonchev–Trinajstić information content (AvgIpc) is 3.44. The Labute approximate surface area is 225 Å². The van der Waals surface area contributed by atoms with Gasteiger partial charge in [0.2, 0.25) is 17.6 Å². The van der Waals surface area contributed by atoms with E-state index < -0.39 is 41.9 Å². The van der Waals surface area contributed by atoms with Crippen molar-refractivity contribution < 1.29 is 36.8 Å². The molecule has 1 aromatic carbocycles. The summed E-state index contributed by atoms with van der Waals surface area (Å²) >= 11 is 0. The third-order valence-electron chi connectivity index (χ3n) is 6.97. The average molecular weight is 553 g/mol. The highest BCUT2D eigenvalue weighted by atomic mass is 19.4. The summed E-state index contributed by atoms with van der Waals surface area (Å²) in [4.78, 5) is 39.2. The Bertz CT molecular complexity index is 1090. The summed E-state index contributed by atoms with van der Waals surface area (Å²) in [5, 5.41) is 11.8. The van der Waals surface area contributed by atoms with Crippen LogP contribution in [-0.2, 0) is 16.1 Å². The van der Waals surface area contributed by atoms with Crippen molar-refractivity contribution in [3.05, 3.63) is 47.9 Å². The Morgan fingerprint density at radius 1 is 1.10 bits per heavy atom. The van der Waals surface area contributed by atoms with Crippen molar-refractivity contribution in [2.75, 3.05) is 0 Å². The molecule has 1 saturated carbocycles. The molecule has 1 aliphatic carbocycles. The van der Waals surface area contributed by atoms with Crippen molar-refractivity contribution in [2.45, 2.75) is 83.8 Å². The van der Waals surface area contributed by atoms with Gasteiger partial charge < -0.3 is 25.2 Å². The molecule has 0 spiro atoms. The zero-order valence-electron chi connectivity index (χ0n) is 22.1. The van der Waals surface area contributed by atoms with E-state index in [0.29, 0.717) is 18.4 Å². The minimum Gasteiger partial charge on any atom is -0.406 e. The number of aromatic nitrogens is 1. The summed E-state index contributed by atoms with van der Waals surface area (Å²) in [6.45, 7) is 3.62. The second-order valence-corrected chi connectivity index (χ2v) is 9.93. The number of halogens is 3. The van der Waals surface area contributed by atoms with Gasteiger partial charge in [0.15, 0.2) is 0 Å². The summed E-state index contributed by atoms with van der Waals surface area (Å²) in [5.41, 5.74) is 0.397. The van der Waals surface area contributed by atoms with Gasteiger partial charge in [-0.1, -0.05) is 69.7 Å². The Balaban J connectivity index is 1.68. The summed E-state index contributed by atoms with van der Waals surface area (Å²) in [5.74, 6) is -1.97. The largest absolute Gasteiger partial charge is 0.573 e.